The molecule has 0 unspecified atom stereocenters. The lowest BCUT2D eigenvalue weighted by Gasteiger charge is -2.34. The fourth-order valence-electron chi connectivity index (χ4n) is 4.18. The quantitative estimate of drug-likeness (QED) is 0.770. The highest BCUT2D eigenvalue weighted by molar-refractivity contribution is 5.92. The standard InChI is InChI=1S/C22H29N5O3/c23-21(28)18-7-4-8-27(14-18)22(29)19-16-30-20(24-19)15-26-11-9-25(10-12-26)13-17-5-2-1-3-6-17/h1-3,5-6,16,18H,4,7-15H2,(H2,23,28)/t18-/m0/s1. The number of rotatable bonds is 6. The van der Waals surface area contributed by atoms with Crippen LogP contribution < -0.4 is 5.73 Å². The van der Waals surface area contributed by atoms with E-state index in [1.54, 1.807) is 4.90 Å². The summed E-state index contributed by atoms with van der Waals surface area (Å²) in [5.74, 6) is -0.261. The zero-order valence-corrected chi connectivity index (χ0v) is 17.2. The molecule has 2 saturated heterocycles. The van der Waals surface area contributed by atoms with Crippen molar-refractivity contribution >= 4 is 11.8 Å². The zero-order chi connectivity index (χ0) is 20.9. The van der Waals surface area contributed by atoms with Crippen LogP contribution in [-0.4, -0.2) is 70.8 Å². The van der Waals surface area contributed by atoms with Crippen molar-refractivity contribution in [1.82, 2.24) is 19.7 Å². The van der Waals surface area contributed by atoms with Crippen LogP contribution in [0.25, 0.3) is 0 Å². The lowest BCUT2D eigenvalue weighted by Crippen LogP contribution is -2.45. The topological polar surface area (TPSA) is 95.9 Å². The number of primary amides is 1. The number of nitrogens with two attached hydrogens (primary N) is 1. The SMILES string of the molecule is NC(=O)[C@H]1CCCN(C(=O)c2coc(CN3CCN(Cc4ccccc4)CC3)n2)C1. The molecule has 2 N–H and O–H groups in total. The maximum atomic E-state index is 12.7. The van der Waals surface area contributed by atoms with Gasteiger partial charge in [-0.1, -0.05) is 30.3 Å². The van der Waals surface area contributed by atoms with Gasteiger partial charge in [0, 0.05) is 45.8 Å². The van der Waals surface area contributed by atoms with E-state index in [0.29, 0.717) is 31.2 Å². The number of nitrogens with zero attached hydrogens (tertiary/aromatic N) is 4. The molecule has 2 aromatic rings. The number of piperazine rings is 1. The van der Waals surface area contributed by atoms with Crippen molar-refractivity contribution in [2.75, 3.05) is 39.3 Å². The van der Waals surface area contributed by atoms with Crippen molar-refractivity contribution in [2.45, 2.75) is 25.9 Å². The molecule has 160 valence electrons. The Kier molecular flexibility index (Phi) is 6.44. The number of likely N-dealkylation sites (tertiary alicyclic amines) is 1. The third-order valence-corrected chi connectivity index (χ3v) is 5.95. The van der Waals surface area contributed by atoms with Crippen LogP contribution in [0.1, 0.15) is 34.8 Å². The lowest BCUT2D eigenvalue weighted by molar-refractivity contribution is -0.123. The molecule has 1 aromatic carbocycles. The number of carbonyl (C=O) groups excluding carboxylic acids is 2. The van der Waals surface area contributed by atoms with E-state index in [9.17, 15) is 9.59 Å². The van der Waals surface area contributed by atoms with Gasteiger partial charge in [0.05, 0.1) is 12.5 Å². The summed E-state index contributed by atoms with van der Waals surface area (Å²) in [4.78, 5) is 35.0. The summed E-state index contributed by atoms with van der Waals surface area (Å²) in [5.41, 5.74) is 7.04. The highest BCUT2D eigenvalue weighted by Gasteiger charge is 2.29. The molecule has 3 heterocycles. The van der Waals surface area contributed by atoms with Gasteiger partial charge < -0.3 is 15.1 Å². The Morgan fingerprint density at radius 1 is 1.03 bits per heavy atom. The number of amides is 2. The minimum atomic E-state index is -0.347. The van der Waals surface area contributed by atoms with Gasteiger partial charge in [0.25, 0.3) is 5.91 Å². The second-order valence-corrected chi connectivity index (χ2v) is 8.16. The summed E-state index contributed by atoms with van der Waals surface area (Å²) in [6, 6.07) is 10.5. The number of hydrogen-bond donors (Lipinski definition) is 1. The van der Waals surface area contributed by atoms with Crippen molar-refractivity contribution in [3.8, 4) is 0 Å². The summed E-state index contributed by atoms with van der Waals surface area (Å²) in [5, 5.41) is 0. The van der Waals surface area contributed by atoms with E-state index in [2.05, 4.69) is 39.0 Å². The molecule has 2 amide bonds. The Morgan fingerprint density at radius 2 is 1.73 bits per heavy atom. The van der Waals surface area contributed by atoms with E-state index in [1.807, 2.05) is 6.07 Å². The van der Waals surface area contributed by atoms with Gasteiger partial charge in [-0.05, 0) is 18.4 Å². The van der Waals surface area contributed by atoms with E-state index in [0.717, 1.165) is 45.6 Å². The summed E-state index contributed by atoms with van der Waals surface area (Å²) in [7, 11) is 0. The molecule has 0 aliphatic carbocycles. The van der Waals surface area contributed by atoms with Crippen LogP contribution in [0, 0.1) is 5.92 Å². The van der Waals surface area contributed by atoms with E-state index >= 15 is 0 Å². The van der Waals surface area contributed by atoms with E-state index in [1.165, 1.54) is 11.8 Å². The van der Waals surface area contributed by atoms with Gasteiger partial charge in [0.1, 0.15) is 6.26 Å². The number of benzene rings is 1. The molecule has 1 atom stereocenters. The predicted molar refractivity (Wildman–Crippen MR) is 111 cm³/mol. The first-order valence-electron chi connectivity index (χ1n) is 10.6. The maximum absolute atomic E-state index is 12.7. The first-order chi connectivity index (χ1) is 14.6. The van der Waals surface area contributed by atoms with Crippen LogP contribution >= 0.6 is 0 Å². The molecular formula is C22H29N5O3. The van der Waals surface area contributed by atoms with Gasteiger partial charge in [-0.15, -0.1) is 0 Å². The predicted octanol–water partition coefficient (Wildman–Crippen LogP) is 1.33. The minimum Gasteiger partial charge on any atom is -0.447 e. The Bertz CT molecular complexity index is 861. The van der Waals surface area contributed by atoms with E-state index in [4.69, 9.17) is 10.2 Å². The molecule has 8 heteroatoms. The number of oxazole rings is 1. The van der Waals surface area contributed by atoms with E-state index in [-0.39, 0.29) is 17.7 Å². The minimum absolute atomic E-state index is 0.191. The number of piperidine rings is 1. The fourth-order valence-corrected chi connectivity index (χ4v) is 4.18. The van der Waals surface area contributed by atoms with Crippen LogP contribution in [0.2, 0.25) is 0 Å². The van der Waals surface area contributed by atoms with Gasteiger partial charge >= 0.3 is 0 Å². The van der Waals surface area contributed by atoms with Crippen molar-refractivity contribution in [3.63, 3.8) is 0 Å². The van der Waals surface area contributed by atoms with Crippen LogP contribution in [0.4, 0.5) is 0 Å². The lowest BCUT2D eigenvalue weighted by atomic mass is 9.97. The summed E-state index contributed by atoms with van der Waals surface area (Å²) >= 11 is 0. The van der Waals surface area contributed by atoms with Gasteiger partial charge in [-0.3, -0.25) is 19.4 Å². The summed E-state index contributed by atoms with van der Waals surface area (Å²) < 4.78 is 5.57. The normalized spacial score (nSPS) is 20.9. The second-order valence-electron chi connectivity index (χ2n) is 8.16. The van der Waals surface area contributed by atoms with Gasteiger partial charge in [0.2, 0.25) is 11.8 Å². The highest BCUT2D eigenvalue weighted by Crippen LogP contribution is 2.19. The van der Waals surface area contributed by atoms with Gasteiger partial charge in [0.15, 0.2) is 5.69 Å². The third-order valence-electron chi connectivity index (χ3n) is 5.95. The molecule has 30 heavy (non-hydrogen) atoms. The van der Waals surface area contributed by atoms with Gasteiger partial charge in [-0.25, -0.2) is 4.98 Å². The number of hydrogen-bond acceptors (Lipinski definition) is 6. The molecule has 0 radical (unpaired) electrons. The Morgan fingerprint density at radius 3 is 2.43 bits per heavy atom. The van der Waals surface area contributed by atoms with Crippen molar-refractivity contribution in [1.29, 1.82) is 0 Å². The average molecular weight is 412 g/mol. The monoisotopic (exact) mass is 411 g/mol. The molecule has 2 aliphatic heterocycles. The van der Waals surface area contributed by atoms with Crippen molar-refractivity contribution < 1.29 is 14.0 Å². The largest absolute Gasteiger partial charge is 0.447 e. The molecule has 1 aromatic heterocycles. The van der Waals surface area contributed by atoms with Crippen LogP contribution in [0.3, 0.4) is 0 Å². The molecule has 0 saturated carbocycles. The van der Waals surface area contributed by atoms with Crippen LogP contribution in [0.5, 0.6) is 0 Å². The molecule has 0 bridgehead atoms. The van der Waals surface area contributed by atoms with E-state index < -0.39 is 0 Å². The van der Waals surface area contributed by atoms with Crippen molar-refractivity contribution in [2.24, 2.45) is 11.7 Å². The molecule has 8 nitrogen and oxygen atoms in total. The molecule has 2 fully saturated rings. The molecular weight excluding hydrogens is 382 g/mol. The molecule has 2 aliphatic rings. The molecule has 0 spiro atoms. The zero-order valence-electron chi connectivity index (χ0n) is 17.2. The Hall–Kier alpha value is -2.71. The Labute approximate surface area is 176 Å². The smallest absolute Gasteiger partial charge is 0.275 e. The van der Waals surface area contributed by atoms with Gasteiger partial charge in [-0.2, -0.15) is 0 Å². The average Bonchev–Trinajstić information content (AvgIpc) is 3.24. The number of aromatic nitrogens is 1. The fraction of sp³-hybridized carbons (Fsp3) is 0.500. The number of carbonyl (C=O) groups is 2. The van der Waals surface area contributed by atoms with Crippen LogP contribution in [-0.2, 0) is 17.9 Å². The third kappa shape index (κ3) is 5.06. The first kappa shape index (κ1) is 20.6. The second kappa shape index (κ2) is 9.40. The maximum Gasteiger partial charge on any atom is 0.275 e. The summed E-state index contributed by atoms with van der Waals surface area (Å²) in [6.07, 6.45) is 2.94. The highest BCUT2D eigenvalue weighted by atomic mass is 16.3. The van der Waals surface area contributed by atoms with Crippen molar-refractivity contribution in [3.05, 3.63) is 53.7 Å². The molecule has 4 rings (SSSR count). The summed E-state index contributed by atoms with van der Waals surface area (Å²) in [6.45, 7) is 6.39. The van der Waals surface area contributed by atoms with Crippen LogP contribution in [0.15, 0.2) is 41.0 Å². The first-order valence-corrected chi connectivity index (χ1v) is 10.6. The Balaban J connectivity index is 1.27.